The summed E-state index contributed by atoms with van der Waals surface area (Å²) in [4.78, 5) is 4.45. The van der Waals surface area contributed by atoms with Crippen LogP contribution in [0.2, 0.25) is 0 Å². The maximum absolute atomic E-state index is 11.5. The molecule has 118 valence electrons. The van der Waals surface area contributed by atoms with Crippen molar-refractivity contribution in [1.29, 1.82) is 0 Å². The third-order valence-electron chi connectivity index (χ3n) is 3.71. The molecule has 3 rings (SSSR count). The summed E-state index contributed by atoms with van der Waals surface area (Å²) in [5, 5.41) is 9.62. The molecule has 0 amide bonds. The van der Waals surface area contributed by atoms with Gasteiger partial charge in [-0.05, 0) is 36.8 Å². The first-order valence-electron chi connectivity index (χ1n) is 7.18. The molecule has 0 bridgehead atoms. The number of nitrogens with zero attached hydrogens (tertiary/aromatic N) is 1. The number of sulfonamides is 1. The molecule has 1 aromatic heterocycles. The summed E-state index contributed by atoms with van der Waals surface area (Å²) in [7, 11) is -3.70. The van der Waals surface area contributed by atoms with Gasteiger partial charge < -0.3 is 5.32 Å². The minimum atomic E-state index is -3.70. The summed E-state index contributed by atoms with van der Waals surface area (Å²) in [6.45, 7) is 1.97. The smallest absolute Gasteiger partial charge is 0.238 e. The van der Waals surface area contributed by atoms with Crippen LogP contribution in [0.4, 0.5) is 5.69 Å². The van der Waals surface area contributed by atoms with Gasteiger partial charge in [-0.25, -0.2) is 13.6 Å². The van der Waals surface area contributed by atoms with Gasteiger partial charge in [0, 0.05) is 23.3 Å². The lowest BCUT2D eigenvalue weighted by atomic mass is 10.1. The minimum Gasteiger partial charge on any atom is -0.378 e. The van der Waals surface area contributed by atoms with Gasteiger partial charge in [-0.3, -0.25) is 4.98 Å². The van der Waals surface area contributed by atoms with Gasteiger partial charge in [0.05, 0.1) is 10.4 Å². The van der Waals surface area contributed by atoms with Crippen molar-refractivity contribution in [2.45, 2.75) is 17.9 Å². The van der Waals surface area contributed by atoms with Crippen LogP contribution in [-0.4, -0.2) is 13.4 Å². The molecule has 0 saturated heterocycles. The highest BCUT2D eigenvalue weighted by Crippen LogP contribution is 2.26. The first kappa shape index (κ1) is 15.5. The molecule has 3 N–H and O–H groups in total. The highest BCUT2D eigenvalue weighted by molar-refractivity contribution is 7.89. The number of nitrogens with one attached hydrogen (secondary N) is 1. The molecule has 3 aromatic rings. The Bertz CT molecular complexity index is 949. The molecular formula is C17H17N3O2S. The van der Waals surface area contributed by atoms with E-state index in [0.717, 1.165) is 22.2 Å². The molecule has 0 fully saturated rings. The van der Waals surface area contributed by atoms with Gasteiger partial charge in [0.2, 0.25) is 10.0 Å². The van der Waals surface area contributed by atoms with E-state index in [0.29, 0.717) is 0 Å². The van der Waals surface area contributed by atoms with Crippen LogP contribution in [0.5, 0.6) is 0 Å². The number of fused-ring (bicyclic) bond motifs is 1. The quantitative estimate of drug-likeness (QED) is 0.771. The third kappa shape index (κ3) is 3.33. The van der Waals surface area contributed by atoms with Crippen molar-refractivity contribution in [2.75, 3.05) is 5.32 Å². The van der Waals surface area contributed by atoms with E-state index in [4.69, 9.17) is 5.14 Å². The first-order valence-corrected chi connectivity index (χ1v) is 8.73. The van der Waals surface area contributed by atoms with Crippen LogP contribution in [0, 0.1) is 0 Å². The highest BCUT2D eigenvalue weighted by atomic mass is 32.2. The number of benzene rings is 2. The van der Waals surface area contributed by atoms with Crippen molar-refractivity contribution in [3.63, 3.8) is 0 Å². The number of hydrogen-bond acceptors (Lipinski definition) is 4. The van der Waals surface area contributed by atoms with Crippen LogP contribution < -0.4 is 10.5 Å². The van der Waals surface area contributed by atoms with Crippen molar-refractivity contribution < 1.29 is 8.42 Å². The second-order valence-electron chi connectivity index (χ2n) is 5.36. The summed E-state index contributed by atoms with van der Waals surface area (Å²) in [6.07, 6.45) is 1.75. The van der Waals surface area contributed by atoms with E-state index in [-0.39, 0.29) is 10.9 Å². The van der Waals surface area contributed by atoms with Crippen molar-refractivity contribution in [3.05, 3.63) is 66.4 Å². The second kappa shape index (κ2) is 5.98. The third-order valence-corrected chi connectivity index (χ3v) is 4.62. The number of rotatable bonds is 4. The van der Waals surface area contributed by atoms with Crippen LogP contribution in [-0.2, 0) is 10.0 Å². The predicted octanol–water partition coefficient (Wildman–Crippen LogP) is 3.06. The van der Waals surface area contributed by atoms with E-state index in [9.17, 15) is 8.42 Å². The zero-order valence-corrected chi connectivity index (χ0v) is 13.4. The molecule has 2 aromatic carbocycles. The Morgan fingerprint density at radius 1 is 1.09 bits per heavy atom. The lowest BCUT2D eigenvalue weighted by molar-refractivity contribution is 0.597. The van der Waals surface area contributed by atoms with Gasteiger partial charge in [0.25, 0.3) is 0 Å². The molecule has 0 aliphatic heterocycles. The van der Waals surface area contributed by atoms with Crippen molar-refractivity contribution in [2.24, 2.45) is 5.14 Å². The largest absolute Gasteiger partial charge is 0.378 e. The fourth-order valence-electron chi connectivity index (χ4n) is 2.50. The van der Waals surface area contributed by atoms with E-state index >= 15 is 0 Å². The monoisotopic (exact) mass is 327 g/mol. The summed E-state index contributed by atoms with van der Waals surface area (Å²) < 4.78 is 23.0. The summed E-state index contributed by atoms with van der Waals surface area (Å²) >= 11 is 0. The standard InChI is InChI=1S/C17H17N3O2S/c1-12(13-5-4-6-14(11-13)23(18,21)22)20-17-9-10-19-16-8-3-2-7-15(16)17/h2-12H,1H3,(H,19,20)(H2,18,21,22). The van der Waals surface area contributed by atoms with Crippen molar-refractivity contribution in [3.8, 4) is 0 Å². The van der Waals surface area contributed by atoms with E-state index < -0.39 is 10.0 Å². The second-order valence-corrected chi connectivity index (χ2v) is 6.92. The number of para-hydroxylation sites is 1. The molecule has 0 aliphatic rings. The molecule has 6 heteroatoms. The van der Waals surface area contributed by atoms with Gasteiger partial charge in [0.15, 0.2) is 0 Å². The average Bonchev–Trinajstić information content (AvgIpc) is 2.54. The van der Waals surface area contributed by atoms with Crippen molar-refractivity contribution >= 4 is 26.6 Å². The molecule has 23 heavy (non-hydrogen) atoms. The lowest BCUT2D eigenvalue weighted by Crippen LogP contribution is -2.13. The average molecular weight is 327 g/mol. The molecule has 1 unspecified atom stereocenters. The Morgan fingerprint density at radius 2 is 1.87 bits per heavy atom. The Hall–Kier alpha value is -2.44. The Morgan fingerprint density at radius 3 is 2.65 bits per heavy atom. The number of pyridine rings is 1. The molecule has 0 aliphatic carbocycles. The fraction of sp³-hybridized carbons (Fsp3) is 0.118. The molecular weight excluding hydrogens is 310 g/mol. The summed E-state index contributed by atoms with van der Waals surface area (Å²) in [5.41, 5.74) is 2.70. The Kier molecular flexibility index (Phi) is 4.02. The number of anilines is 1. The maximum Gasteiger partial charge on any atom is 0.238 e. The van der Waals surface area contributed by atoms with Crippen LogP contribution in [0.1, 0.15) is 18.5 Å². The highest BCUT2D eigenvalue weighted by Gasteiger charge is 2.12. The first-order chi connectivity index (χ1) is 10.9. The van der Waals surface area contributed by atoms with Crippen LogP contribution in [0.3, 0.4) is 0 Å². The van der Waals surface area contributed by atoms with E-state index in [1.54, 1.807) is 18.3 Å². The van der Waals surface area contributed by atoms with Crippen molar-refractivity contribution in [1.82, 2.24) is 4.98 Å². The maximum atomic E-state index is 11.5. The zero-order chi connectivity index (χ0) is 16.4. The van der Waals surface area contributed by atoms with E-state index in [1.807, 2.05) is 43.3 Å². The summed E-state index contributed by atoms with van der Waals surface area (Å²) in [5.74, 6) is 0. The molecule has 5 nitrogen and oxygen atoms in total. The number of primary sulfonamides is 1. The molecule has 0 radical (unpaired) electrons. The number of aromatic nitrogens is 1. The van der Waals surface area contributed by atoms with Crippen LogP contribution >= 0.6 is 0 Å². The number of nitrogens with two attached hydrogens (primary N) is 1. The predicted molar refractivity (Wildman–Crippen MR) is 91.6 cm³/mol. The molecule has 1 atom stereocenters. The van der Waals surface area contributed by atoms with Gasteiger partial charge in [0.1, 0.15) is 0 Å². The van der Waals surface area contributed by atoms with Gasteiger partial charge in [-0.1, -0.05) is 30.3 Å². The normalized spacial score (nSPS) is 13.0. The summed E-state index contributed by atoms with van der Waals surface area (Å²) in [6, 6.07) is 16.3. The van der Waals surface area contributed by atoms with Crippen LogP contribution in [0.25, 0.3) is 10.9 Å². The topological polar surface area (TPSA) is 85.1 Å². The molecule has 0 saturated carbocycles. The van der Waals surface area contributed by atoms with Gasteiger partial charge in [-0.15, -0.1) is 0 Å². The SMILES string of the molecule is CC(Nc1ccnc2ccccc12)c1cccc(S(N)(=O)=O)c1. The molecule has 0 spiro atoms. The fourth-order valence-corrected chi connectivity index (χ4v) is 3.07. The minimum absolute atomic E-state index is 0.0810. The Balaban J connectivity index is 1.94. The van der Waals surface area contributed by atoms with Gasteiger partial charge >= 0.3 is 0 Å². The molecule has 1 heterocycles. The Labute approximate surface area is 135 Å². The van der Waals surface area contributed by atoms with Gasteiger partial charge in [-0.2, -0.15) is 0 Å². The number of hydrogen-bond donors (Lipinski definition) is 2. The van der Waals surface area contributed by atoms with E-state index in [2.05, 4.69) is 10.3 Å². The van der Waals surface area contributed by atoms with E-state index in [1.165, 1.54) is 6.07 Å². The van der Waals surface area contributed by atoms with Crippen LogP contribution in [0.15, 0.2) is 65.7 Å². The zero-order valence-electron chi connectivity index (χ0n) is 12.6. The lowest BCUT2D eigenvalue weighted by Gasteiger charge is -2.17.